The van der Waals surface area contributed by atoms with E-state index in [1.54, 1.807) is 0 Å². The van der Waals surface area contributed by atoms with Crippen LogP contribution in [-0.4, -0.2) is 40.7 Å². The van der Waals surface area contributed by atoms with Gasteiger partial charge >= 0.3 is 5.97 Å². The fourth-order valence-electron chi connectivity index (χ4n) is 6.61. The molecular weight excluding hydrogens is 446 g/mol. The van der Waals surface area contributed by atoms with Gasteiger partial charge in [0.05, 0.1) is 17.0 Å². The van der Waals surface area contributed by atoms with E-state index in [-0.39, 0.29) is 12.0 Å². The molecule has 184 valence electrons. The highest BCUT2D eigenvalue weighted by Crippen LogP contribution is 2.38. The highest BCUT2D eigenvalue weighted by atomic mass is 35.5. The van der Waals surface area contributed by atoms with Gasteiger partial charge in [-0.2, -0.15) is 0 Å². The second-order valence-corrected chi connectivity index (χ2v) is 11.4. The lowest BCUT2D eigenvalue weighted by Gasteiger charge is -2.48. The normalized spacial score (nSPS) is 29.8. The lowest BCUT2D eigenvalue weighted by Crippen LogP contribution is -2.53. The second-order valence-electron chi connectivity index (χ2n) is 11.0. The smallest absolute Gasteiger partial charge is 0.306 e. The zero-order chi connectivity index (χ0) is 23.7. The Balaban J connectivity index is 1.19. The summed E-state index contributed by atoms with van der Waals surface area (Å²) in [5.41, 5.74) is 1.34. The van der Waals surface area contributed by atoms with Crippen molar-refractivity contribution < 1.29 is 14.6 Å². The van der Waals surface area contributed by atoms with Gasteiger partial charge in [-0.1, -0.05) is 49.2 Å². The number of ether oxygens (including phenoxy) is 1. The van der Waals surface area contributed by atoms with Crippen molar-refractivity contribution in [3.63, 3.8) is 0 Å². The van der Waals surface area contributed by atoms with Gasteiger partial charge in [0.15, 0.2) is 0 Å². The molecule has 2 atom stereocenters. The highest BCUT2D eigenvalue weighted by molar-refractivity contribution is 6.37. The maximum atomic E-state index is 11.5. The van der Waals surface area contributed by atoms with E-state index in [9.17, 15) is 9.90 Å². The molecule has 2 heterocycles. The largest absolute Gasteiger partial charge is 0.489 e. The van der Waals surface area contributed by atoms with Gasteiger partial charge < -0.3 is 9.84 Å². The Morgan fingerprint density at radius 2 is 1.79 bits per heavy atom. The Bertz CT molecular complexity index is 1000. The minimum atomic E-state index is -0.603. The zero-order valence-electron chi connectivity index (χ0n) is 20.3. The molecule has 1 saturated carbocycles. The Morgan fingerprint density at radius 3 is 2.50 bits per heavy atom. The number of carbonyl (C=O) groups is 1. The lowest BCUT2D eigenvalue weighted by atomic mass is 9.78. The van der Waals surface area contributed by atoms with Crippen molar-refractivity contribution in [2.24, 2.45) is 11.8 Å². The van der Waals surface area contributed by atoms with Crippen LogP contribution in [0.2, 0.25) is 5.02 Å². The van der Waals surface area contributed by atoms with Crippen molar-refractivity contribution >= 4 is 28.3 Å². The van der Waals surface area contributed by atoms with Gasteiger partial charge in [-0.3, -0.25) is 9.69 Å². The van der Waals surface area contributed by atoms with Crippen molar-refractivity contribution in [2.45, 2.75) is 95.7 Å². The third-order valence-electron chi connectivity index (χ3n) is 8.60. The molecule has 34 heavy (non-hydrogen) atoms. The maximum absolute atomic E-state index is 11.5. The first-order chi connectivity index (χ1) is 16.5. The van der Waals surface area contributed by atoms with E-state index < -0.39 is 5.97 Å². The number of rotatable bonds is 7. The summed E-state index contributed by atoms with van der Waals surface area (Å²) in [6, 6.07) is 11.7. The van der Waals surface area contributed by atoms with Crippen LogP contribution < -0.4 is 4.74 Å². The van der Waals surface area contributed by atoms with Gasteiger partial charge in [-0.05, 0) is 93.7 Å². The van der Waals surface area contributed by atoms with Crippen molar-refractivity contribution in [2.75, 3.05) is 6.54 Å². The van der Waals surface area contributed by atoms with Crippen LogP contribution in [0, 0.1) is 11.8 Å². The number of piperidine rings is 2. The van der Waals surface area contributed by atoms with Crippen molar-refractivity contribution in [1.29, 1.82) is 0 Å². The molecule has 0 spiro atoms. The first-order valence-corrected chi connectivity index (χ1v) is 13.7. The summed E-state index contributed by atoms with van der Waals surface area (Å²) in [5.74, 6) is 0.875. The van der Waals surface area contributed by atoms with Crippen LogP contribution in [0.25, 0.3) is 10.8 Å². The third-order valence-corrected chi connectivity index (χ3v) is 8.99. The van der Waals surface area contributed by atoms with Crippen LogP contribution in [0.5, 0.6) is 5.75 Å². The van der Waals surface area contributed by atoms with E-state index in [4.69, 9.17) is 16.3 Å². The molecule has 2 bridgehead atoms. The number of benzene rings is 2. The second kappa shape index (κ2) is 10.5. The molecule has 5 rings (SSSR count). The molecule has 1 aliphatic carbocycles. The Labute approximate surface area is 208 Å². The third kappa shape index (κ3) is 5.23. The number of fused-ring (bicyclic) bond motifs is 3. The van der Waals surface area contributed by atoms with E-state index in [1.807, 2.05) is 6.07 Å². The number of carboxylic acid groups (broad SMARTS) is 1. The summed E-state index contributed by atoms with van der Waals surface area (Å²) < 4.78 is 6.29. The molecule has 3 aliphatic rings. The number of aryl methyl sites for hydroxylation is 1. The monoisotopic (exact) mass is 483 g/mol. The molecule has 3 fully saturated rings. The predicted molar refractivity (Wildman–Crippen MR) is 138 cm³/mol. The van der Waals surface area contributed by atoms with E-state index >= 15 is 0 Å². The predicted octanol–water partition coefficient (Wildman–Crippen LogP) is 7.10. The molecule has 4 nitrogen and oxygen atoms in total. The molecule has 1 N–H and O–H groups in total. The van der Waals surface area contributed by atoms with Crippen molar-refractivity contribution in [1.82, 2.24) is 4.90 Å². The number of carboxylic acids is 1. The number of halogens is 1. The van der Waals surface area contributed by atoms with Gasteiger partial charge in [0, 0.05) is 17.5 Å². The number of hydrogen-bond acceptors (Lipinski definition) is 3. The standard InChI is InChI=1S/C29H38ClNO3/c1-19-7-11-25(12-8-19)34-27-14-10-21-16-20(9-13-26(21)28(27)30)4-3-15-31-23-5-2-6-24(31)18-22(17-23)29(32)33/h9-10,13-14,16,19,22-25H,2-8,11-12,15,17-18H2,1H3,(H,32,33)/t19-,22?,23?,24?,25+. The summed E-state index contributed by atoms with van der Waals surface area (Å²) >= 11 is 6.76. The van der Waals surface area contributed by atoms with Gasteiger partial charge in [0.2, 0.25) is 0 Å². The lowest BCUT2D eigenvalue weighted by molar-refractivity contribution is -0.146. The van der Waals surface area contributed by atoms with Crippen LogP contribution >= 0.6 is 11.6 Å². The average molecular weight is 484 g/mol. The summed E-state index contributed by atoms with van der Waals surface area (Å²) in [7, 11) is 0. The van der Waals surface area contributed by atoms with Crippen LogP contribution in [0.3, 0.4) is 0 Å². The van der Waals surface area contributed by atoms with E-state index in [1.165, 1.54) is 30.2 Å². The van der Waals surface area contributed by atoms with Crippen LogP contribution in [0.15, 0.2) is 30.3 Å². The van der Waals surface area contributed by atoms with E-state index in [0.717, 1.165) is 80.0 Å². The summed E-state index contributed by atoms with van der Waals surface area (Å²) in [4.78, 5) is 14.1. The molecule has 2 aliphatic heterocycles. The Morgan fingerprint density at radius 1 is 1.06 bits per heavy atom. The summed E-state index contributed by atoms with van der Waals surface area (Å²) in [6.07, 6.45) is 12.3. The van der Waals surface area contributed by atoms with Crippen LogP contribution in [0.4, 0.5) is 0 Å². The van der Waals surface area contributed by atoms with Crippen LogP contribution in [0.1, 0.15) is 76.7 Å². The number of hydrogen-bond donors (Lipinski definition) is 1. The van der Waals surface area contributed by atoms with Crippen molar-refractivity contribution in [3.05, 3.63) is 40.9 Å². The first-order valence-electron chi connectivity index (χ1n) is 13.3. The molecule has 5 heteroatoms. The van der Waals surface area contributed by atoms with Crippen LogP contribution in [-0.2, 0) is 11.2 Å². The van der Waals surface area contributed by atoms with E-state index in [2.05, 4.69) is 36.1 Å². The minimum Gasteiger partial charge on any atom is -0.489 e. The molecular formula is C29H38ClNO3. The fraction of sp³-hybridized carbons (Fsp3) is 0.621. The summed E-state index contributed by atoms with van der Waals surface area (Å²) in [6.45, 7) is 3.39. The number of aliphatic carboxylic acids is 1. The summed E-state index contributed by atoms with van der Waals surface area (Å²) in [5, 5.41) is 12.5. The SMILES string of the molecule is C[C@H]1CC[C@@H](Oc2ccc3cc(CCCN4C5CCCC4CC(C(=O)O)C5)ccc3c2Cl)CC1. The molecule has 2 unspecified atom stereocenters. The quantitative estimate of drug-likeness (QED) is 0.456. The highest BCUT2D eigenvalue weighted by Gasteiger charge is 2.40. The molecule has 2 aromatic carbocycles. The minimum absolute atomic E-state index is 0.146. The van der Waals surface area contributed by atoms with Gasteiger partial charge in [-0.15, -0.1) is 0 Å². The van der Waals surface area contributed by atoms with Gasteiger partial charge in [0.25, 0.3) is 0 Å². The van der Waals surface area contributed by atoms with Gasteiger partial charge in [-0.25, -0.2) is 0 Å². The Kier molecular flexibility index (Phi) is 7.36. The first kappa shape index (κ1) is 23.9. The topological polar surface area (TPSA) is 49.8 Å². The molecule has 2 aromatic rings. The molecule has 0 amide bonds. The molecule has 2 saturated heterocycles. The molecule has 0 aromatic heterocycles. The fourth-order valence-corrected chi connectivity index (χ4v) is 6.89. The van der Waals surface area contributed by atoms with Crippen molar-refractivity contribution in [3.8, 4) is 5.75 Å². The number of nitrogens with zero attached hydrogens (tertiary/aromatic N) is 1. The maximum Gasteiger partial charge on any atom is 0.306 e. The Hall–Kier alpha value is -1.78. The van der Waals surface area contributed by atoms with E-state index in [0.29, 0.717) is 12.1 Å². The average Bonchev–Trinajstić information content (AvgIpc) is 2.82. The van der Waals surface area contributed by atoms with Gasteiger partial charge in [0.1, 0.15) is 5.75 Å². The molecule has 0 radical (unpaired) electrons. The zero-order valence-corrected chi connectivity index (χ0v) is 21.1.